The van der Waals surface area contributed by atoms with Gasteiger partial charge in [-0.1, -0.05) is 23.9 Å². The third-order valence-electron chi connectivity index (χ3n) is 2.95. The van der Waals surface area contributed by atoms with Crippen LogP contribution in [0.3, 0.4) is 0 Å². The van der Waals surface area contributed by atoms with Gasteiger partial charge < -0.3 is 10.3 Å². The van der Waals surface area contributed by atoms with Gasteiger partial charge in [0.2, 0.25) is 5.91 Å². The lowest BCUT2D eigenvalue weighted by Crippen LogP contribution is -2.15. The molecule has 22 heavy (non-hydrogen) atoms. The van der Waals surface area contributed by atoms with Crippen molar-refractivity contribution in [2.24, 2.45) is 0 Å². The number of H-pyrrole nitrogens is 1. The molecule has 1 amide bonds. The molecule has 0 radical (unpaired) electrons. The van der Waals surface area contributed by atoms with Crippen LogP contribution in [0.4, 0.5) is 5.69 Å². The number of nitrogens with one attached hydrogen (secondary N) is 2. The second-order valence-corrected chi connectivity index (χ2v) is 6.58. The number of carbonyl (C=O) groups excluding carboxylic acids is 1. The van der Waals surface area contributed by atoms with E-state index in [1.54, 1.807) is 6.07 Å². The number of nitrogens with zero attached hydrogens (tertiary/aromatic N) is 1. The van der Waals surface area contributed by atoms with Crippen molar-refractivity contribution in [1.82, 2.24) is 9.97 Å². The first-order valence-corrected chi connectivity index (χ1v) is 8.45. The van der Waals surface area contributed by atoms with Crippen LogP contribution in [-0.2, 0) is 4.79 Å². The molecule has 0 aliphatic rings. The molecule has 0 aliphatic carbocycles. The minimum atomic E-state index is -0.173. The van der Waals surface area contributed by atoms with E-state index in [2.05, 4.69) is 15.3 Å². The number of aromatic amines is 1. The van der Waals surface area contributed by atoms with Crippen molar-refractivity contribution in [2.75, 3.05) is 11.1 Å². The standard InChI is InChI=1S/C15H13N3O2S2/c1-9-3-2-4-10(7-9)16-12(19)8-22-15-17-13(20)11-5-6-21-14(11)18-15/h2-7H,8H2,1H3,(H,16,19)(H,17,18,20). The first-order valence-electron chi connectivity index (χ1n) is 6.59. The summed E-state index contributed by atoms with van der Waals surface area (Å²) in [6, 6.07) is 9.34. The van der Waals surface area contributed by atoms with Gasteiger partial charge in [0, 0.05) is 5.69 Å². The lowest BCUT2D eigenvalue weighted by atomic mass is 10.2. The van der Waals surface area contributed by atoms with Crippen LogP contribution in [-0.4, -0.2) is 21.6 Å². The highest BCUT2D eigenvalue weighted by Gasteiger charge is 2.08. The number of thiophene rings is 1. The van der Waals surface area contributed by atoms with Crippen LogP contribution in [0.5, 0.6) is 0 Å². The van der Waals surface area contributed by atoms with E-state index in [9.17, 15) is 9.59 Å². The monoisotopic (exact) mass is 331 g/mol. The predicted molar refractivity (Wildman–Crippen MR) is 90.8 cm³/mol. The number of carbonyl (C=O) groups is 1. The molecular formula is C15H13N3O2S2. The van der Waals surface area contributed by atoms with Gasteiger partial charge in [-0.25, -0.2) is 4.98 Å². The number of hydrogen-bond donors (Lipinski definition) is 2. The largest absolute Gasteiger partial charge is 0.325 e. The molecular weight excluding hydrogens is 318 g/mol. The lowest BCUT2D eigenvalue weighted by molar-refractivity contribution is -0.113. The molecule has 2 N–H and O–H groups in total. The molecule has 0 saturated carbocycles. The van der Waals surface area contributed by atoms with Gasteiger partial charge in [-0.05, 0) is 36.1 Å². The number of hydrogen-bond acceptors (Lipinski definition) is 5. The zero-order valence-corrected chi connectivity index (χ0v) is 13.4. The Kier molecular flexibility index (Phi) is 4.26. The van der Waals surface area contributed by atoms with E-state index in [0.29, 0.717) is 15.4 Å². The Morgan fingerprint density at radius 2 is 2.27 bits per heavy atom. The molecule has 2 heterocycles. The number of fused-ring (bicyclic) bond motifs is 1. The third-order valence-corrected chi connectivity index (χ3v) is 4.63. The minimum absolute atomic E-state index is 0.135. The summed E-state index contributed by atoms with van der Waals surface area (Å²) in [6.45, 7) is 1.97. The van der Waals surface area contributed by atoms with Crippen LogP contribution in [0.25, 0.3) is 10.2 Å². The van der Waals surface area contributed by atoms with Crippen LogP contribution in [0, 0.1) is 6.92 Å². The van der Waals surface area contributed by atoms with Gasteiger partial charge >= 0.3 is 0 Å². The SMILES string of the molecule is Cc1cccc(NC(=O)CSc2nc3sccc3c(=O)[nH]2)c1. The molecule has 0 saturated heterocycles. The number of aromatic nitrogens is 2. The summed E-state index contributed by atoms with van der Waals surface area (Å²) < 4.78 is 0. The highest BCUT2D eigenvalue weighted by molar-refractivity contribution is 7.99. The molecule has 0 spiro atoms. The number of thioether (sulfide) groups is 1. The Morgan fingerprint density at radius 3 is 3.09 bits per heavy atom. The van der Waals surface area contributed by atoms with E-state index in [1.165, 1.54) is 23.1 Å². The van der Waals surface area contributed by atoms with Crippen LogP contribution < -0.4 is 10.9 Å². The molecule has 0 atom stereocenters. The molecule has 0 aliphatic heterocycles. The minimum Gasteiger partial charge on any atom is -0.325 e. The van der Waals surface area contributed by atoms with Crippen molar-refractivity contribution in [2.45, 2.75) is 12.1 Å². The Bertz CT molecular complexity index is 886. The molecule has 5 nitrogen and oxygen atoms in total. The predicted octanol–water partition coefficient (Wildman–Crippen LogP) is 3.02. The summed E-state index contributed by atoms with van der Waals surface area (Å²) in [5.74, 6) is 0.0536. The zero-order chi connectivity index (χ0) is 15.5. The number of benzene rings is 1. The Balaban J connectivity index is 1.66. The number of rotatable bonds is 4. The van der Waals surface area contributed by atoms with Crippen LogP contribution in [0.15, 0.2) is 45.7 Å². The van der Waals surface area contributed by atoms with E-state index in [1.807, 2.05) is 36.6 Å². The number of aryl methyl sites for hydroxylation is 1. The Labute approximate surface area is 134 Å². The van der Waals surface area contributed by atoms with Crippen molar-refractivity contribution < 1.29 is 4.79 Å². The molecule has 0 bridgehead atoms. The van der Waals surface area contributed by atoms with Gasteiger partial charge in [0.15, 0.2) is 5.16 Å². The van der Waals surface area contributed by atoms with Crippen LogP contribution >= 0.6 is 23.1 Å². The summed E-state index contributed by atoms with van der Waals surface area (Å²) in [7, 11) is 0. The van der Waals surface area contributed by atoms with Crippen LogP contribution in [0.1, 0.15) is 5.56 Å². The van der Waals surface area contributed by atoms with Gasteiger partial charge in [0.25, 0.3) is 5.56 Å². The smallest absolute Gasteiger partial charge is 0.260 e. The first-order chi connectivity index (χ1) is 10.6. The molecule has 3 rings (SSSR count). The van der Waals surface area contributed by atoms with E-state index in [-0.39, 0.29) is 17.2 Å². The normalized spacial score (nSPS) is 10.8. The summed E-state index contributed by atoms with van der Waals surface area (Å²) in [5, 5.41) is 5.69. The third kappa shape index (κ3) is 3.37. The fraction of sp³-hybridized carbons (Fsp3) is 0.133. The fourth-order valence-electron chi connectivity index (χ4n) is 1.97. The van der Waals surface area contributed by atoms with Crippen LogP contribution in [0.2, 0.25) is 0 Å². The van der Waals surface area contributed by atoms with E-state index in [4.69, 9.17) is 0 Å². The highest BCUT2D eigenvalue weighted by Crippen LogP contribution is 2.19. The van der Waals surface area contributed by atoms with E-state index in [0.717, 1.165) is 11.3 Å². The maximum absolute atomic E-state index is 11.9. The summed E-state index contributed by atoms with van der Waals surface area (Å²) in [6.07, 6.45) is 0. The van der Waals surface area contributed by atoms with E-state index < -0.39 is 0 Å². The van der Waals surface area contributed by atoms with Crippen molar-refractivity contribution in [3.63, 3.8) is 0 Å². The molecule has 2 aromatic heterocycles. The molecule has 112 valence electrons. The van der Waals surface area contributed by atoms with E-state index >= 15 is 0 Å². The fourth-order valence-corrected chi connectivity index (χ4v) is 3.45. The second kappa shape index (κ2) is 6.33. The van der Waals surface area contributed by atoms with Crippen molar-refractivity contribution in [1.29, 1.82) is 0 Å². The topological polar surface area (TPSA) is 74.8 Å². The van der Waals surface area contributed by atoms with Gasteiger partial charge in [-0.3, -0.25) is 9.59 Å². The van der Waals surface area contributed by atoms with Gasteiger partial charge in [-0.15, -0.1) is 11.3 Å². The molecule has 0 fully saturated rings. The number of anilines is 1. The average molecular weight is 331 g/mol. The molecule has 0 unspecified atom stereocenters. The maximum Gasteiger partial charge on any atom is 0.260 e. The lowest BCUT2D eigenvalue weighted by Gasteiger charge is -2.05. The zero-order valence-electron chi connectivity index (χ0n) is 11.8. The Hall–Kier alpha value is -2.12. The second-order valence-electron chi connectivity index (χ2n) is 4.72. The Morgan fingerprint density at radius 1 is 1.41 bits per heavy atom. The summed E-state index contributed by atoms with van der Waals surface area (Å²) >= 11 is 2.62. The number of amides is 1. The average Bonchev–Trinajstić information content (AvgIpc) is 2.94. The van der Waals surface area contributed by atoms with Crippen molar-refractivity contribution >= 4 is 44.9 Å². The summed E-state index contributed by atoms with van der Waals surface area (Å²) in [4.78, 5) is 31.5. The molecule has 3 aromatic rings. The molecule has 1 aromatic carbocycles. The van der Waals surface area contributed by atoms with Gasteiger partial charge in [0.05, 0.1) is 11.1 Å². The molecule has 7 heteroatoms. The maximum atomic E-state index is 11.9. The quantitative estimate of drug-likeness (QED) is 0.569. The van der Waals surface area contributed by atoms with Gasteiger partial charge in [-0.2, -0.15) is 0 Å². The first kappa shape index (κ1) is 14.8. The summed E-state index contributed by atoms with van der Waals surface area (Å²) in [5.41, 5.74) is 1.67. The van der Waals surface area contributed by atoms with Gasteiger partial charge in [0.1, 0.15) is 4.83 Å². The highest BCUT2D eigenvalue weighted by atomic mass is 32.2. The van der Waals surface area contributed by atoms with Crippen molar-refractivity contribution in [3.05, 3.63) is 51.6 Å². The van der Waals surface area contributed by atoms with Crippen molar-refractivity contribution in [3.8, 4) is 0 Å².